The predicted molar refractivity (Wildman–Crippen MR) is 116 cm³/mol. The van der Waals surface area contributed by atoms with E-state index in [1.54, 1.807) is 0 Å². The molecule has 0 nitrogen and oxygen atoms in total. The summed E-state index contributed by atoms with van der Waals surface area (Å²) in [6.07, 6.45) is 18.0. The molecule has 2 saturated carbocycles. The molecule has 0 atom stereocenters. The topological polar surface area (TPSA) is 0 Å². The highest BCUT2D eigenvalue weighted by molar-refractivity contribution is 9.10. The number of hydrogen-bond donors (Lipinski definition) is 0. The second-order valence-corrected chi connectivity index (χ2v) is 9.23. The fourth-order valence-electron chi connectivity index (χ4n) is 4.73. The van der Waals surface area contributed by atoms with Crippen molar-refractivity contribution in [3.63, 3.8) is 0 Å². The average molecular weight is 413 g/mol. The molecule has 0 aliphatic heterocycles. The van der Waals surface area contributed by atoms with Crippen LogP contribution in [0.5, 0.6) is 0 Å². The molecule has 0 spiro atoms. The molecule has 3 rings (SSSR count). The van der Waals surface area contributed by atoms with Crippen molar-refractivity contribution in [2.75, 3.05) is 0 Å². The van der Waals surface area contributed by atoms with E-state index in [9.17, 15) is 0 Å². The molecule has 2 aliphatic carbocycles. The molecule has 0 unspecified atom stereocenters. The van der Waals surface area contributed by atoms with Gasteiger partial charge < -0.3 is 0 Å². The minimum atomic E-state index is 0.603. The zero-order valence-electron chi connectivity index (χ0n) is 16.2. The lowest BCUT2D eigenvalue weighted by atomic mass is 9.79. The van der Waals surface area contributed by atoms with Crippen molar-refractivity contribution in [3.05, 3.63) is 46.5 Å². The Balaban J connectivity index is 1.39. The van der Waals surface area contributed by atoms with Crippen LogP contribution < -0.4 is 0 Å². The molecule has 2 aliphatic rings. The molecule has 0 aromatic heterocycles. The highest BCUT2D eigenvalue weighted by Crippen LogP contribution is 2.36. The van der Waals surface area contributed by atoms with Crippen LogP contribution in [-0.2, 0) is 0 Å². The van der Waals surface area contributed by atoms with Crippen molar-refractivity contribution in [3.8, 4) is 11.8 Å². The van der Waals surface area contributed by atoms with Crippen LogP contribution in [0.2, 0.25) is 0 Å². The van der Waals surface area contributed by atoms with Gasteiger partial charge in [-0.15, -0.1) is 0 Å². The first kappa shape index (κ1) is 19.8. The van der Waals surface area contributed by atoms with Crippen molar-refractivity contribution in [1.82, 2.24) is 0 Å². The minimum Gasteiger partial charge on any atom is -0.0951 e. The Kier molecular flexibility index (Phi) is 7.87. The third kappa shape index (κ3) is 6.02. The molecule has 0 bridgehead atoms. The van der Waals surface area contributed by atoms with Gasteiger partial charge in [0.2, 0.25) is 0 Å². The number of allylic oxidation sites excluding steroid dienone is 2. The van der Waals surface area contributed by atoms with Crippen LogP contribution in [0.1, 0.15) is 82.6 Å². The molecule has 2 fully saturated rings. The molecule has 0 radical (unpaired) electrons. The van der Waals surface area contributed by atoms with E-state index in [0.717, 1.165) is 17.8 Å². The molecule has 0 heterocycles. The summed E-state index contributed by atoms with van der Waals surface area (Å²) >= 11 is 3.53. The van der Waals surface area contributed by atoms with E-state index in [1.165, 1.54) is 74.2 Å². The maximum Gasteiger partial charge on any atom is 0.0206 e. The monoisotopic (exact) mass is 412 g/mol. The Labute approximate surface area is 169 Å². The third-order valence-corrected chi connectivity index (χ3v) is 6.92. The molecule has 0 saturated heterocycles. The predicted octanol–water partition coefficient (Wildman–Crippen LogP) is 7.89. The molecule has 0 N–H and O–H groups in total. The lowest BCUT2D eigenvalue weighted by molar-refractivity contribution is 0.294. The molecule has 140 valence electrons. The van der Waals surface area contributed by atoms with Crippen LogP contribution in [0.4, 0.5) is 0 Å². The normalized spacial score (nSPS) is 29.3. The van der Waals surface area contributed by atoms with Crippen molar-refractivity contribution >= 4 is 15.9 Å². The Morgan fingerprint density at radius 1 is 0.962 bits per heavy atom. The van der Waals surface area contributed by atoms with Gasteiger partial charge in [-0.3, -0.25) is 0 Å². The zero-order chi connectivity index (χ0) is 18.2. The van der Waals surface area contributed by atoms with Crippen LogP contribution in [0.25, 0.3) is 0 Å². The lowest BCUT2D eigenvalue weighted by Crippen LogP contribution is -2.12. The molecular formula is C25H33Br. The van der Waals surface area contributed by atoms with Crippen LogP contribution in [0.3, 0.4) is 0 Å². The van der Waals surface area contributed by atoms with Gasteiger partial charge in [0, 0.05) is 10.4 Å². The first-order chi connectivity index (χ1) is 12.7. The average Bonchev–Trinajstić information content (AvgIpc) is 2.68. The summed E-state index contributed by atoms with van der Waals surface area (Å²) in [6, 6.07) is 8.89. The maximum atomic E-state index is 3.53. The molecule has 1 heteroatoms. The minimum absolute atomic E-state index is 0.603. The van der Waals surface area contributed by atoms with E-state index in [0.29, 0.717) is 5.92 Å². The molecule has 1 aromatic rings. The zero-order valence-corrected chi connectivity index (χ0v) is 17.8. The smallest absolute Gasteiger partial charge is 0.0206 e. The number of benzene rings is 1. The fraction of sp³-hybridized carbons (Fsp3) is 0.600. The van der Waals surface area contributed by atoms with E-state index >= 15 is 0 Å². The van der Waals surface area contributed by atoms with Crippen molar-refractivity contribution in [1.29, 1.82) is 0 Å². The maximum absolute atomic E-state index is 3.53. The second-order valence-electron chi connectivity index (χ2n) is 8.32. The van der Waals surface area contributed by atoms with Crippen molar-refractivity contribution in [2.24, 2.45) is 17.8 Å². The van der Waals surface area contributed by atoms with Gasteiger partial charge in [-0.05, 0) is 92.9 Å². The van der Waals surface area contributed by atoms with E-state index in [1.807, 2.05) is 0 Å². The van der Waals surface area contributed by atoms with E-state index in [-0.39, 0.29) is 0 Å². The summed E-state index contributed by atoms with van der Waals surface area (Å²) < 4.78 is 1.17. The van der Waals surface area contributed by atoms with Gasteiger partial charge in [0.05, 0.1) is 0 Å². The van der Waals surface area contributed by atoms with Crippen LogP contribution in [0.15, 0.2) is 40.9 Å². The Bertz CT molecular complexity index is 614. The van der Waals surface area contributed by atoms with Gasteiger partial charge in [0.15, 0.2) is 0 Å². The first-order valence-electron chi connectivity index (χ1n) is 10.7. The summed E-state index contributed by atoms with van der Waals surface area (Å²) in [5.41, 5.74) is 1.50. The van der Waals surface area contributed by atoms with Gasteiger partial charge in [-0.1, -0.05) is 65.7 Å². The molecule has 1 aromatic carbocycles. The highest BCUT2D eigenvalue weighted by Gasteiger charge is 2.21. The number of rotatable bonds is 4. The lowest BCUT2D eigenvalue weighted by Gasteiger charge is -2.26. The van der Waals surface area contributed by atoms with Gasteiger partial charge in [0.25, 0.3) is 0 Å². The summed E-state index contributed by atoms with van der Waals surface area (Å²) in [5.74, 6) is 10.0. The highest BCUT2D eigenvalue weighted by atomic mass is 79.9. The third-order valence-electron chi connectivity index (χ3n) is 6.40. The molecule has 26 heavy (non-hydrogen) atoms. The van der Waals surface area contributed by atoms with E-state index in [2.05, 4.69) is 71.1 Å². The summed E-state index contributed by atoms with van der Waals surface area (Å²) in [4.78, 5) is 0. The molecule has 0 amide bonds. The number of halogens is 1. The Morgan fingerprint density at radius 2 is 1.65 bits per heavy atom. The fourth-order valence-corrected chi connectivity index (χ4v) is 5.00. The summed E-state index contributed by atoms with van der Waals surface area (Å²) in [5, 5.41) is 0. The van der Waals surface area contributed by atoms with Crippen LogP contribution in [0, 0.1) is 29.6 Å². The van der Waals surface area contributed by atoms with Gasteiger partial charge in [0.1, 0.15) is 0 Å². The van der Waals surface area contributed by atoms with Crippen molar-refractivity contribution < 1.29 is 0 Å². The Hall–Kier alpha value is -1.000. The van der Waals surface area contributed by atoms with Crippen LogP contribution in [-0.4, -0.2) is 0 Å². The quantitative estimate of drug-likeness (QED) is 0.440. The SMILES string of the molecule is CCC[C@H]1CC[C@H](/C=C/C#CC2CCC(c3ccc(Br)cc3)CC2)CC1. The van der Waals surface area contributed by atoms with Gasteiger partial charge in [-0.25, -0.2) is 0 Å². The van der Waals surface area contributed by atoms with Crippen LogP contribution >= 0.6 is 15.9 Å². The van der Waals surface area contributed by atoms with Crippen molar-refractivity contribution in [2.45, 2.75) is 77.0 Å². The second kappa shape index (κ2) is 10.4. The van der Waals surface area contributed by atoms with E-state index < -0.39 is 0 Å². The van der Waals surface area contributed by atoms with Gasteiger partial charge >= 0.3 is 0 Å². The first-order valence-corrected chi connectivity index (χ1v) is 11.5. The van der Waals surface area contributed by atoms with E-state index in [4.69, 9.17) is 0 Å². The Morgan fingerprint density at radius 3 is 2.31 bits per heavy atom. The van der Waals surface area contributed by atoms with Gasteiger partial charge in [-0.2, -0.15) is 0 Å². The molecular weight excluding hydrogens is 380 g/mol. The number of hydrogen-bond acceptors (Lipinski definition) is 0. The summed E-state index contributed by atoms with van der Waals surface area (Å²) in [7, 11) is 0. The largest absolute Gasteiger partial charge is 0.0951 e. The summed E-state index contributed by atoms with van der Waals surface area (Å²) in [6.45, 7) is 2.31. The standard InChI is InChI=1S/C25H33Br/c1-2-5-20-8-10-21(11-9-20)6-3-4-7-22-12-14-23(15-13-22)24-16-18-25(26)19-17-24/h3,6,16-23H,2,5,8-15H2,1H3/b6-3+/t20-,21-,22?,23?.